The standard InChI is InChI=1S/C23H34N4O3S.HI/c1-3-24-23(25-13-15-31(28,29)26-17-22-10-6-7-14-30-22)27-18(2)20-12-11-19-8-4-5-9-21(19)16-20;/h4-5,8-9,11-12,16,18,22,26H,3,6-7,10,13-15,17H2,1-2H3,(H2,24,25,27);1H. The van der Waals surface area contributed by atoms with Crippen LogP contribution >= 0.6 is 24.0 Å². The predicted molar refractivity (Wildman–Crippen MR) is 142 cm³/mol. The van der Waals surface area contributed by atoms with Crippen LogP contribution in [0.1, 0.15) is 44.7 Å². The third-order valence-corrected chi connectivity index (χ3v) is 6.73. The summed E-state index contributed by atoms with van der Waals surface area (Å²) in [5.41, 5.74) is 1.14. The van der Waals surface area contributed by atoms with Crippen molar-refractivity contribution in [2.45, 2.75) is 45.3 Å². The topological polar surface area (TPSA) is 91.8 Å². The maximum atomic E-state index is 12.3. The first-order valence-corrected chi connectivity index (χ1v) is 12.7. The fraction of sp³-hybridized carbons (Fsp3) is 0.522. The second kappa shape index (κ2) is 13.3. The third-order valence-electron chi connectivity index (χ3n) is 5.41. The minimum atomic E-state index is -3.39. The number of hydrogen-bond donors (Lipinski definition) is 3. The van der Waals surface area contributed by atoms with Crippen molar-refractivity contribution in [1.29, 1.82) is 0 Å². The molecule has 0 aromatic heterocycles. The Kier molecular flexibility index (Phi) is 11.2. The number of nitrogens with one attached hydrogen (secondary N) is 3. The van der Waals surface area contributed by atoms with Gasteiger partial charge in [-0.2, -0.15) is 0 Å². The molecule has 178 valence electrons. The van der Waals surface area contributed by atoms with E-state index in [9.17, 15) is 8.42 Å². The molecule has 9 heteroatoms. The number of nitrogens with zero attached hydrogens (tertiary/aromatic N) is 1. The van der Waals surface area contributed by atoms with E-state index in [1.54, 1.807) is 0 Å². The molecule has 3 N–H and O–H groups in total. The van der Waals surface area contributed by atoms with Crippen molar-refractivity contribution in [3.63, 3.8) is 0 Å². The Morgan fingerprint density at radius 3 is 2.69 bits per heavy atom. The largest absolute Gasteiger partial charge is 0.377 e. The highest BCUT2D eigenvalue weighted by Crippen LogP contribution is 2.20. The van der Waals surface area contributed by atoms with Crippen molar-refractivity contribution in [3.05, 3.63) is 48.0 Å². The lowest BCUT2D eigenvalue weighted by molar-refractivity contribution is 0.0200. The Bertz CT molecular complexity index is 978. The van der Waals surface area contributed by atoms with Crippen molar-refractivity contribution in [3.8, 4) is 0 Å². The van der Waals surface area contributed by atoms with Crippen molar-refractivity contribution >= 4 is 50.7 Å². The Morgan fingerprint density at radius 2 is 1.97 bits per heavy atom. The number of guanidine groups is 1. The van der Waals surface area contributed by atoms with E-state index in [1.165, 1.54) is 10.8 Å². The summed E-state index contributed by atoms with van der Waals surface area (Å²) in [7, 11) is -3.39. The summed E-state index contributed by atoms with van der Waals surface area (Å²) in [6.45, 7) is 5.98. The van der Waals surface area contributed by atoms with Crippen molar-refractivity contribution in [2.75, 3.05) is 32.0 Å². The van der Waals surface area contributed by atoms with Crippen LogP contribution in [-0.2, 0) is 14.8 Å². The van der Waals surface area contributed by atoms with Gasteiger partial charge in [0.2, 0.25) is 10.0 Å². The summed E-state index contributed by atoms with van der Waals surface area (Å²) in [5.74, 6) is 0.551. The Labute approximate surface area is 208 Å². The first kappa shape index (κ1) is 26.8. The highest BCUT2D eigenvalue weighted by molar-refractivity contribution is 14.0. The Hall–Kier alpha value is -1.43. The summed E-state index contributed by atoms with van der Waals surface area (Å²) < 4.78 is 32.8. The predicted octanol–water partition coefficient (Wildman–Crippen LogP) is 3.56. The van der Waals surface area contributed by atoms with E-state index in [4.69, 9.17) is 4.74 Å². The van der Waals surface area contributed by atoms with Gasteiger partial charge >= 0.3 is 0 Å². The molecule has 2 atom stereocenters. The molecule has 3 rings (SSSR count). The summed E-state index contributed by atoms with van der Waals surface area (Å²) in [4.78, 5) is 4.47. The van der Waals surface area contributed by atoms with Gasteiger partial charge in [-0.3, -0.25) is 4.99 Å². The van der Waals surface area contributed by atoms with Crippen LogP contribution < -0.4 is 15.4 Å². The van der Waals surface area contributed by atoms with Gasteiger partial charge in [-0.1, -0.05) is 36.4 Å². The minimum Gasteiger partial charge on any atom is -0.377 e. The van der Waals surface area contributed by atoms with Crippen molar-refractivity contribution < 1.29 is 13.2 Å². The molecule has 0 amide bonds. The summed E-state index contributed by atoms with van der Waals surface area (Å²) >= 11 is 0. The molecule has 2 unspecified atom stereocenters. The monoisotopic (exact) mass is 574 g/mol. The first-order valence-electron chi connectivity index (χ1n) is 11.1. The fourth-order valence-corrected chi connectivity index (χ4v) is 4.54. The van der Waals surface area contributed by atoms with Gasteiger partial charge in [-0.25, -0.2) is 13.1 Å². The molecule has 1 saturated heterocycles. The highest BCUT2D eigenvalue weighted by atomic mass is 127. The molecule has 2 aromatic carbocycles. The van der Waals surface area contributed by atoms with Crippen LogP contribution in [0, 0.1) is 0 Å². The first-order chi connectivity index (χ1) is 15.0. The molecule has 0 spiro atoms. The smallest absolute Gasteiger partial charge is 0.213 e. The molecule has 0 bridgehead atoms. The fourth-order valence-electron chi connectivity index (χ4n) is 3.62. The van der Waals surface area contributed by atoms with Gasteiger partial charge in [-0.15, -0.1) is 24.0 Å². The molecule has 1 aliphatic rings. The van der Waals surface area contributed by atoms with E-state index >= 15 is 0 Å². The average molecular weight is 575 g/mol. The summed E-state index contributed by atoms with van der Waals surface area (Å²) in [6.07, 6.45) is 3.02. The van der Waals surface area contributed by atoms with E-state index in [2.05, 4.69) is 57.6 Å². The Balaban J connectivity index is 0.00000363. The molecule has 0 aliphatic carbocycles. The van der Waals surface area contributed by atoms with E-state index in [0.29, 0.717) is 25.7 Å². The van der Waals surface area contributed by atoms with Crippen LogP contribution in [0.5, 0.6) is 0 Å². The zero-order valence-corrected chi connectivity index (χ0v) is 22.0. The lowest BCUT2D eigenvalue weighted by Crippen LogP contribution is -2.40. The minimum absolute atomic E-state index is 0. The van der Waals surface area contributed by atoms with Gasteiger partial charge in [0.1, 0.15) is 0 Å². The molecule has 2 aromatic rings. The van der Waals surface area contributed by atoms with Gasteiger partial charge in [0, 0.05) is 19.7 Å². The number of benzene rings is 2. The van der Waals surface area contributed by atoms with Crippen LogP contribution in [0.4, 0.5) is 0 Å². The van der Waals surface area contributed by atoms with Gasteiger partial charge in [-0.05, 0) is 55.5 Å². The second-order valence-electron chi connectivity index (χ2n) is 7.89. The number of ether oxygens (including phenoxy) is 1. The van der Waals surface area contributed by atoms with Crippen molar-refractivity contribution in [2.24, 2.45) is 4.99 Å². The second-order valence-corrected chi connectivity index (χ2v) is 9.82. The molecule has 32 heavy (non-hydrogen) atoms. The zero-order chi connectivity index (χ0) is 22.1. The van der Waals surface area contributed by atoms with Gasteiger partial charge in [0.15, 0.2) is 5.96 Å². The van der Waals surface area contributed by atoms with Crippen molar-refractivity contribution in [1.82, 2.24) is 15.4 Å². The van der Waals surface area contributed by atoms with Gasteiger partial charge in [0.25, 0.3) is 0 Å². The number of sulfonamides is 1. The lowest BCUT2D eigenvalue weighted by Gasteiger charge is -2.22. The number of rotatable bonds is 9. The van der Waals surface area contributed by atoms with E-state index in [0.717, 1.165) is 24.8 Å². The van der Waals surface area contributed by atoms with Crippen LogP contribution in [0.2, 0.25) is 0 Å². The molecular formula is C23H35IN4O3S. The molecule has 1 aliphatic heterocycles. The maximum absolute atomic E-state index is 12.3. The van der Waals surface area contributed by atoms with E-state index in [1.807, 2.05) is 19.1 Å². The molecule has 1 heterocycles. The van der Waals surface area contributed by atoms with Crippen LogP contribution in [0.3, 0.4) is 0 Å². The van der Waals surface area contributed by atoms with E-state index in [-0.39, 0.29) is 48.4 Å². The number of halogens is 1. The number of aliphatic imine (C=N–C) groups is 1. The number of hydrogen-bond acceptors (Lipinski definition) is 4. The molecule has 0 saturated carbocycles. The summed E-state index contributed by atoms with van der Waals surface area (Å²) in [6, 6.07) is 14.7. The average Bonchev–Trinajstić information content (AvgIpc) is 2.78. The molecule has 1 fully saturated rings. The maximum Gasteiger partial charge on any atom is 0.213 e. The van der Waals surface area contributed by atoms with Gasteiger partial charge in [0.05, 0.1) is 24.4 Å². The zero-order valence-electron chi connectivity index (χ0n) is 18.8. The number of fused-ring (bicyclic) bond motifs is 1. The van der Waals surface area contributed by atoms with Crippen LogP contribution in [-0.4, -0.2) is 52.5 Å². The molecular weight excluding hydrogens is 539 g/mol. The Morgan fingerprint density at radius 1 is 1.19 bits per heavy atom. The third kappa shape index (κ3) is 8.49. The SMILES string of the molecule is CCNC(=NCCS(=O)(=O)NCC1CCCCO1)NC(C)c1ccc2ccccc2c1.I. The normalized spacial score (nSPS) is 18.1. The van der Waals surface area contributed by atoms with Crippen LogP contribution in [0.25, 0.3) is 10.8 Å². The van der Waals surface area contributed by atoms with Crippen LogP contribution in [0.15, 0.2) is 47.5 Å². The van der Waals surface area contributed by atoms with E-state index < -0.39 is 10.0 Å². The quantitative estimate of drug-likeness (QED) is 0.242. The highest BCUT2D eigenvalue weighted by Gasteiger charge is 2.17. The summed E-state index contributed by atoms with van der Waals surface area (Å²) in [5, 5.41) is 8.96. The molecule has 0 radical (unpaired) electrons. The van der Waals surface area contributed by atoms with Gasteiger partial charge < -0.3 is 15.4 Å². The lowest BCUT2D eigenvalue weighted by atomic mass is 10.0. The molecule has 7 nitrogen and oxygen atoms in total.